The number of aromatic nitrogens is 3. The predicted molar refractivity (Wildman–Crippen MR) is 93.1 cm³/mol. The molecule has 0 N–H and O–H groups in total. The highest BCUT2D eigenvalue weighted by atomic mass is 16.6. The van der Waals surface area contributed by atoms with Gasteiger partial charge in [0.25, 0.3) is 0 Å². The van der Waals surface area contributed by atoms with Gasteiger partial charge >= 0.3 is 5.97 Å². The molecule has 0 amide bonds. The molecule has 1 aromatic heterocycles. The number of carbonyl (C=O) groups excluding carboxylic acids is 1. The van der Waals surface area contributed by atoms with E-state index in [9.17, 15) is 4.79 Å². The third-order valence-electron chi connectivity index (χ3n) is 3.67. The maximum atomic E-state index is 12.1. The number of ether oxygens (including phenoxy) is 1. The van der Waals surface area contributed by atoms with Gasteiger partial charge in [0.1, 0.15) is 5.69 Å². The molecule has 0 atom stereocenters. The van der Waals surface area contributed by atoms with Crippen LogP contribution < -0.4 is 0 Å². The van der Waals surface area contributed by atoms with Crippen molar-refractivity contribution in [1.29, 1.82) is 0 Å². The number of aliphatic imine (C=N–C) groups is 1. The summed E-state index contributed by atoms with van der Waals surface area (Å²) in [7, 11) is 0. The first-order valence-corrected chi connectivity index (χ1v) is 7.76. The quantitative estimate of drug-likeness (QED) is 0.547. The fourth-order valence-corrected chi connectivity index (χ4v) is 2.48. The lowest BCUT2D eigenvalue weighted by Crippen LogP contribution is -2.05. The average molecular weight is 330 g/mol. The molecule has 6 heteroatoms. The van der Waals surface area contributed by atoms with Crippen molar-refractivity contribution in [3.8, 4) is 5.69 Å². The van der Waals surface area contributed by atoms with Crippen LogP contribution in [0.1, 0.15) is 16.8 Å². The van der Waals surface area contributed by atoms with Gasteiger partial charge in [-0.3, -0.25) is 0 Å². The van der Waals surface area contributed by atoms with E-state index in [4.69, 9.17) is 4.74 Å². The smallest absolute Gasteiger partial charge is 0.363 e. The van der Waals surface area contributed by atoms with Crippen LogP contribution in [0.3, 0.4) is 0 Å². The summed E-state index contributed by atoms with van der Waals surface area (Å²) in [6.07, 6.45) is 3.14. The van der Waals surface area contributed by atoms with Gasteiger partial charge in [0.05, 0.1) is 11.9 Å². The van der Waals surface area contributed by atoms with Crippen molar-refractivity contribution < 1.29 is 9.53 Å². The number of nitrogens with zero attached hydrogens (tertiary/aromatic N) is 4. The van der Waals surface area contributed by atoms with Crippen molar-refractivity contribution in [2.24, 2.45) is 4.99 Å². The minimum absolute atomic E-state index is 0.205. The number of aryl methyl sites for hydroxylation is 1. The Bertz CT molecular complexity index is 1000. The van der Waals surface area contributed by atoms with Crippen LogP contribution in [0.25, 0.3) is 11.8 Å². The summed E-state index contributed by atoms with van der Waals surface area (Å²) in [6, 6.07) is 17.2. The summed E-state index contributed by atoms with van der Waals surface area (Å²) >= 11 is 0. The minimum atomic E-state index is -0.495. The Kier molecular flexibility index (Phi) is 3.70. The summed E-state index contributed by atoms with van der Waals surface area (Å²) in [4.78, 5) is 17.8. The third kappa shape index (κ3) is 3.10. The fraction of sp³-hybridized carbons (Fsp3) is 0.0526. The van der Waals surface area contributed by atoms with Crippen LogP contribution in [0.5, 0.6) is 0 Å². The second kappa shape index (κ2) is 6.16. The standard InChI is InChI=1S/C19H14N4O2/c1-13-6-5-7-14(10-13)18-21-17(19(24)25-18)11-15-12-20-23(22-15)16-8-3-2-4-9-16/h2-12H,1H3/b17-11-. The molecule has 0 fully saturated rings. The summed E-state index contributed by atoms with van der Waals surface area (Å²) in [5.41, 5.74) is 3.41. The second-order valence-corrected chi connectivity index (χ2v) is 5.60. The summed E-state index contributed by atoms with van der Waals surface area (Å²) in [5, 5.41) is 8.55. The van der Waals surface area contributed by atoms with Gasteiger partial charge in [0.2, 0.25) is 5.90 Å². The van der Waals surface area contributed by atoms with Crippen LogP contribution in [0, 0.1) is 6.92 Å². The summed E-state index contributed by atoms with van der Waals surface area (Å²) < 4.78 is 5.27. The van der Waals surface area contributed by atoms with Crippen molar-refractivity contribution in [3.05, 3.63) is 83.3 Å². The zero-order valence-corrected chi connectivity index (χ0v) is 13.5. The topological polar surface area (TPSA) is 69.4 Å². The van der Waals surface area contributed by atoms with Crippen LogP contribution in [0.2, 0.25) is 0 Å². The van der Waals surface area contributed by atoms with Gasteiger partial charge in [-0.05, 0) is 31.2 Å². The number of carbonyl (C=O) groups is 1. The van der Waals surface area contributed by atoms with E-state index < -0.39 is 5.97 Å². The van der Waals surface area contributed by atoms with E-state index >= 15 is 0 Å². The first-order valence-electron chi connectivity index (χ1n) is 7.76. The number of hydrogen-bond acceptors (Lipinski definition) is 5. The van der Waals surface area contributed by atoms with Gasteiger partial charge in [-0.15, -0.1) is 5.10 Å². The van der Waals surface area contributed by atoms with Crippen molar-refractivity contribution in [3.63, 3.8) is 0 Å². The van der Waals surface area contributed by atoms with Gasteiger partial charge in [-0.25, -0.2) is 9.79 Å². The molecule has 0 saturated heterocycles. The number of esters is 1. The number of para-hydroxylation sites is 1. The molecule has 0 aliphatic carbocycles. The maximum absolute atomic E-state index is 12.1. The van der Waals surface area contributed by atoms with E-state index in [1.807, 2.05) is 61.5 Å². The Hall–Kier alpha value is -3.54. The van der Waals surface area contributed by atoms with Crippen molar-refractivity contribution in [1.82, 2.24) is 15.0 Å². The number of cyclic esters (lactones) is 1. The second-order valence-electron chi connectivity index (χ2n) is 5.60. The zero-order chi connectivity index (χ0) is 17.2. The molecule has 0 bridgehead atoms. The van der Waals surface area contributed by atoms with E-state index in [-0.39, 0.29) is 5.70 Å². The first-order chi connectivity index (χ1) is 12.2. The lowest BCUT2D eigenvalue weighted by molar-refractivity contribution is -0.129. The van der Waals surface area contributed by atoms with E-state index in [1.165, 1.54) is 4.80 Å². The van der Waals surface area contributed by atoms with Gasteiger partial charge in [0, 0.05) is 11.6 Å². The number of hydrogen-bond donors (Lipinski definition) is 0. The van der Waals surface area contributed by atoms with E-state index in [1.54, 1.807) is 12.3 Å². The Morgan fingerprint density at radius 2 is 1.92 bits per heavy atom. The molecule has 4 rings (SSSR count). The summed E-state index contributed by atoms with van der Waals surface area (Å²) in [5.74, 6) is -0.193. The average Bonchev–Trinajstić information content (AvgIpc) is 3.24. The highest BCUT2D eigenvalue weighted by molar-refractivity contribution is 6.12. The molecule has 2 aromatic carbocycles. The molecule has 1 aliphatic heterocycles. The minimum Gasteiger partial charge on any atom is -0.402 e. The molecule has 0 unspecified atom stereocenters. The number of benzene rings is 2. The zero-order valence-electron chi connectivity index (χ0n) is 13.5. The molecular formula is C19H14N4O2. The van der Waals surface area contributed by atoms with E-state index in [0.717, 1.165) is 16.8 Å². The fourth-order valence-electron chi connectivity index (χ4n) is 2.48. The van der Waals surface area contributed by atoms with Crippen molar-refractivity contribution >= 4 is 17.9 Å². The molecule has 1 aliphatic rings. The lowest BCUT2D eigenvalue weighted by atomic mass is 10.1. The van der Waals surface area contributed by atoms with E-state index in [0.29, 0.717) is 11.6 Å². The van der Waals surface area contributed by atoms with Crippen LogP contribution in [-0.2, 0) is 9.53 Å². The van der Waals surface area contributed by atoms with Gasteiger partial charge in [0.15, 0.2) is 5.70 Å². The lowest BCUT2D eigenvalue weighted by Gasteiger charge is -1.99. The maximum Gasteiger partial charge on any atom is 0.363 e. The largest absolute Gasteiger partial charge is 0.402 e. The number of rotatable bonds is 3. The third-order valence-corrected chi connectivity index (χ3v) is 3.67. The van der Waals surface area contributed by atoms with Crippen molar-refractivity contribution in [2.45, 2.75) is 6.92 Å². The molecular weight excluding hydrogens is 316 g/mol. The monoisotopic (exact) mass is 330 g/mol. The van der Waals surface area contributed by atoms with Gasteiger partial charge < -0.3 is 4.74 Å². The highest BCUT2D eigenvalue weighted by Gasteiger charge is 2.24. The molecule has 25 heavy (non-hydrogen) atoms. The molecule has 122 valence electrons. The molecule has 0 spiro atoms. The van der Waals surface area contributed by atoms with Gasteiger partial charge in [-0.2, -0.15) is 9.90 Å². The van der Waals surface area contributed by atoms with Crippen LogP contribution in [0.15, 0.2) is 71.5 Å². The van der Waals surface area contributed by atoms with Crippen LogP contribution >= 0.6 is 0 Å². The van der Waals surface area contributed by atoms with Gasteiger partial charge in [-0.1, -0.05) is 35.9 Å². The molecule has 2 heterocycles. The molecule has 0 saturated carbocycles. The van der Waals surface area contributed by atoms with Crippen LogP contribution in [-0.4, -0.2) is 26.9 Å². The molecule has 3 aromatic rings. The Balaban J connectivity index is 1.63. The Labute approximate surface area is 144 Å². The Morgan fingerprint density at radius 1 is 1.08 bits per heavy atom. The summed E-state index contributed by atoms with van der Waals surface area (Å²) in [6.45, 7) is 1.97. The van der Waals surface area contributed by atoms with E-state index in [2.05, 4.69) is 15.2 Å². The SMILES string of the molecule is Cc1cccc(C2=N/C(=C\c3cnn(-c4ccccc4)n3)C(=O)O2)c1. The Morgan fingerprint density at radius 3 is 2.72 bits per heavy atom. The van der Waals surface area contributed by atoms with Crippen molar-refractivity contribution in [2.75, 3.05) is 0 Å². The normalized spacial score (nSPS) is 15.3. The first kappa shape index (κ1) is 15.0. The molecule has 0 radical (unpaired) electrons. The van der Waals surface area contributed by atoms with Crippen LogP contribution in [0.4, 0.5) is 0 Å². The predicted octanol–water partition coefficient (Wildman–Crippen LogP) is 2.92. The molecule has 6 nitrogen and oxygen atoms in total. The highest BCUT2D eigenvalue weighted by Crippen LogP contribution is 2.19.